The zero-order valence-corrected chi connectivity index (χ0v) is 37.6. The fourth-order valence-corrected chi connectivity index (χ4v) is 9.81. The number of unbranched alkanes of at least 4 members (excludes halogenated alkanes) is 2. The molecule has 15 nitrogen and oxygen atoms in total. The van der Waals surface area contributed by atoms with Crippen molar-refractivity contribution in [3.63, 3.8) is 0 Å². The number of ether oxygens (including phenoxy) is 2. The largest absolute Gasteiger partial charge is 0.481 e. The van der Waals surface area contributed by atoms with Crippen LogP contribution in [-0.4, -0.2) is 112 Å². The van der Waals surface area contributed by atoms with Crippen LogP contribution in [0.1, 0.15) is 81.9 Å². The van der Waals surface area contributed by atoms with E-state index in [9.17, 15) is 43.7 Å². The van der Waals surface area contributed by atoms with Crippen LogP contribution >= 0.6 is 0 Å². The maximum Gasteiger partial charge on any atom is 0.303 e. The number of carboxylic acids is 1. The highest BCUT2D eigenvalue weighted by atomic mass is 32.2. The maximum atomic E-state index is 12.2. The topological polar surface area (TPSA) is 225 Å². The van der Waals surface area contributed by atoms with Gasteiger partial charge in [-0.15, -0.1) is 0 Å². The Morgan fingerprint density at radius 1 is 0.754 bits per heavy atom. The second kappa shape index (κ2) is 21.4. The maximum absolute atomic E-state index is 12.2. The summed E-state index contributed by atoms with van der Waals surface area (Å²) >= 11 is 0. The summed E-state index contributed by atoms with van der Waals surface area (Å²) in [5.41, 5.74) is 4.40. The molecule has 0 radical (unpaired) electrons. The zero-order chi connectivity index (χ0) is 45.1. The van der Waals surface area contributed by atoms with E-state index in [2.05, 4.69) is 23.6 Å². The highest BCUT2D eigenvalue weighted by Crippen LogP contribution is 2.51. The lowest BCUT2D eigenvalue weighted by molar-refractivity contribution is -0.438. The molecule has 2 aliphatic heterocycles. The molecule has 0 fully saturated rings. The molecule has 2 heterocycles. The van der Waals surface area contributed by atoms with Crippen LogP contribution in [0.3, 0.4) is 0 Å². The summed E-state index contributed by atoms with van der Waals surface area (Å²) in [4.78, 5) is 12.8. The molecule has 0 saturated heterocycles. The Morgan fingerprint density at radius 3 is 2.02 bits per heavy atom. The summed E-state index contributed by atoms with van der Waals surface area (Å²) in [5, 5.41) is 9.15. The number of nitrogens with zero attached hydrogens (tertiary/aromatic N) is 2. The average Bonchev–Trinajstić information content (AvgIpc) is 3.53. The van der Waals surface area contributed by atoms with Crippen molar-refractivity contribution in [2.45, 2.75) is 87.4 Å². The third-order valence-corrected chi connectivity index (χ3v) is 13.8. The normalized spacial score (nSPS) is 20.2. The molecule has 18 heteroatoms. The van der Waals surface area contributed by atoms with Crippen LogP contribution in [0.5, 0.6) is 0 Å². The number of fused-ring (bicyclic) bond motifs is 2. The second-order valence-electron chi connectivity index (χ2n) is 15.8. The highest BCUT2D eigenvalue weighted by molar-refractivity contribution is 7.86. The lowest BCUT2D eigenvalue weighted by Gasteiger charge is -2.30. The summed E-state index contributed by atoms with van der Waals surface area (Å²) in [7, 11) is -9.82. The monoisotopic (exact) mass is 907 g/mol. The fourth-order valence-electron chi connectivity index (χ4n) is 8.28. The van der Waals surface area contributed by atoms with Gasteiger partial charge >= 0.3 is 5.97 Å². The van der Waals surface area contributed by atoms with Crippen molar-refractivity contribution in [2.75, 3.05) is 56.9 Å². The molecule has 2 aliphatic rings. The summed E-state index contributed by atoms with van der Waals surface area (Å²) in [5.74, 6) is -1.72. The molecule has 4 rings (SSSR count). The molecular weight excluding hydrogens is 849 g/mol. The molecule has 336 valence electrons. The van der Waals surface area contributed by atoms with E-state index in [0.29, 0.717) is 63.2 Å². The lowest BCUT2D eigenvalue weighted by atomic mass is 9.75. The van der Waals surface area contributed by atoms with Crippen LogP contribution < -0.4 is 4.90 Å². The minimum Gasteiger partial charge on any atom is -0.481 e. The van der Waals surface area contributed by atoms with Crippen molar-refractivity contribution < 1.29 is 62.9 Å². The first kappa shape index (κ1) is 49.6. The van der Waals surface area contributed by atoms with Crippen LogP contribution in [0.15, 0.2) is 89.5 Å². The third kappa shape index (κ3) is 13.5. The number of hydrogen-bond acceptors (Lipinski definition) is 10. The molecule has 61 heavy (non-hydrogen) atoms. The Morgan fingerprint density at radius 2 is 1.39 bits per heavy atom. The molecular formula is C43H59N2O13S3+. The van der Waals surface area contributed by atoms with E-state index in [0.717, 1.165) is 34.6 Å². The van der Waals surface area contributed by atoms with Gasteiger partial charge < -0.3 is 19.5 Å². The zero-order valence-electron chi connectivity index (χ0n) is 35.2. The van der Waals surface area contributed by atoms with Gasteiger partial charge in [0.15, 0.2) is 5.71 Å². The van der Waals surface area contributed by atoms with Crippen molar-refractivity contribution in [1.82, 2.24) is 0 Å². The van der Waals surface area contributed by atoms with Crippen molar-refractivity contribution in [2.24, 2.45) is 0 Å². The Labute approximate surface area is 360 Å². The number of rotatable bonds is 25. The first-order valence-corrected chi connectivity index (χ1v) is 24.8. The molecule has 0 aromatic heterocycles. The van der Waals surface area contributed by atoms with Gasteiger partial charge in [0, 0.05) is 68.1 Å². The Balaban J connectivity index is 1.71. The molecule has 0 bridgehead atoms. The number of carboxylic acid groups (broad SMARTS) is 1. The minimum atomic E-state index is -4.55. The van der Waals surface area contributed by atoms with Gasteiger partial charge in [-0.05, 0) is 100 Å². The molecule has 2 aromatic carbocycles. The van der Waals surface area contributed by atoms with Crippen LogP contribution in [0, 0.1) is 0 Å². The molecule has 0 amide bonds. The molecule has 0 saturated carbocycles. The number of allylic oxidation sites excluding steroid dienone is 8. The van der Waals surface area contributed by atoms with Gasteiger partial charge in [-0.2, -0.15) is 29.8 Å². The van der Waals surface area contributed by atoms with E-state index >= 15 is 0 Å². The second-order valence-corrected chi connectivity index (χ2v) is 20.3. The highest BCUT2D eigenvalue weighted by Gasteiger charge is 2.47. The number of methoxy groups -OCH3 is 2. The Hall–Kier alpha value is -4.01. The molecule has 0 spiro atoms. The van der Waals surface area contributed by atoms with Gasteiger partial charge in [-0.3, -0.25) is 18.5 Å². The molecule has 2 unspecified atom stereocenters. The summed E-state index contributed by atoms with van der Waals surface area (Å²) in [6.45, 7) is 5.75. The molecule has 0 aliphatic carbocycles. The van der Waals surface area contributed by atoms with Gasteiger partial charge in [-0.1, -0.05) is 36.4 Å². The molecule has 4 N–H and O–H groups in total. The first-order valence-electron chi connectivity index (χ1n) is 20.1. The van der Waals surface area contributed by atoms with E-state index in [-0.39, 0.29) is 36.3 Å². The number of benzene rings is 2. The van der Waals surface area contributed by atoms with Gasteiger partial charge in [0.05, 0.1) is 35.0 Å². The molecule has 2 atom stereocenters. The summed E-state index contributed by atoms with van der Waals surface area (Å²) in [6.07, 6.45) is 16.7. The van der Waals surface area contributed by atoms with E-state index in [1.807, 2.05) is 48.3 Å². The number of hydrogen-bond donors (Lipinski definition) is 4. The Kier molecular flexibility index (Phi) is 17.4. The number of aliphatic carboxylic acids is 1. The van der Waals surface area contributed by atoms with Gasteiger partial charge in [0.25, 0.3) is 30.4 Å². The predicted molar refractivity (Wildman–Crippen MR) is 235 cm³/mol. The SMILES string of the molecule is COCCc1ccc2c(c1)C(C)(CCCS(=O)(=O)O)C(/C=C/C=C/C=C/C=C1/N(CCOC)c3ccc(S(=O)(=O)O)cc3C1(C)CCCS(=O)(=O)O)=[N+]2CCCCCC(=O)O. The van der Waals surface area contributed by atoms with Crippen molar-refractivity contribution in [3.8, 4) is 0 Å². The number of carbonyl (C=O) groups is 1. The van der Waals surface area contributed by atoms with E-state index in [1.54, 1.807) is 32.4 Å². The van der Waals surface area contributed by atoms with Gasteiger partial charge in [0.1, 0.15) is 6.54 Å². The summed E-state index contributed by atoms with van der Waals surface area (Å²) < 4.78 is 113. The average molecular weight is 908 g/mol. The Bertz CT molecular complexity index is 2390. The smallest absolute Gasteiger partial charge is 0.303 e. The van der Waals surface area contributed by atoms with Gasteiger partial charge in [0.2, 0.25) is 5.69 Å². The molecule has 2 aromatic rings. The number of anilines is 1. The standard InChI is InChI=1S/C43H58N2O13S3/c1-42(23-13-29-59(48,49)50)35-31-33(22-27-57-3)18-20-37(35)44(25-12-8-11-17-41(46)47)39(42)15-9-6-5-7-10-16-40-43(2,24-14-30-60(51,52)53)36-32-34(61(54,55)56)19-21-38(36)45(40)26-28-58-4/h5-7,9-10,15-16,18-21,31-32H,8,11-14,17,22-30H2,1-4H3,(H3-,46,47,48,49,50,51,52,53,54,55,56)/p+1. The lowest BCUT2D eigenvalue weighted by Crippen LogP contribution is -2.32. The first-order chi connectivity index (χ1) is 28.6. The van der Waals surface area contributed by atoms with Gasteiger partial charge in [-0.25, -0.2) is 0 Å². The van der Waals surface area contributed by atoms with Crippen molar-refractivity contribution >= 4 is 53.4 Å². The van der Waals surface area contributed by atoms with E-state index in [1.165, 1.54) is 12.1 Å². The van der Waals surface area contributed by atoms with E-state index in [4.69, 9.17) is 14.6 Å². The quantitative estimate of drug-likeness (QED) is 0.0365. The minimum absolute atomic E-state index is 0.0694. The van der Waals surface area contributed by atoms with Crippen molar-refractivity contribution in [3.05, 3.63) is 101 Å². The van der Waals surface area contributed by atoms with Crippen molar-refractivity contribution in [1.29, 1.82) is 0 Å². The van der Waals surface area contributed by atoms with E-state index < -0.39 is 52.9 Å². The fraction of sp³-hybridized carbons (Fsp3) is 0.488. The van der Waals surface area contributed by atoms with Crippen LogP contribution in [0.2, 0.25) is 0 Å². The predicted octanol–water partition coefficient (Wildman–Crippen LogP) is 6.44. The van der Waals surface area contributed by atoms with Crippen LogP contribution in [0.4, 0.5) is 11.4 Å². The summed E-state index contributed by atoms with van der Waals surface area (Å²) in [6, 6.07) is 10.5. The third-order valence-electron chi connectivity index (χ3n) is 11.3. The van der Waals surface area contributed by atoms with Crippen LogP contribution in [-0.2, 0) is 61.9 Å². The van der Waals surface area contributed by atoms with Crippen LogP contribution in [0.25, 0.3) is 0 Å².